The second kappa shape index (κ2) is 6.27. The fourth-order valence-corrected chi connectivity index (χ4v) is 3.15. The largest absolute Gasteiger partial charge is 0.378 e. The maximum absolute atomic E-state index is 12.3. The molecular weight excluding hydrogens is 276 g/mol. The van der Waals surface area contributed by atoms with E-state index in [-0.39, 0.29) is 11.4 Å². The highest BCUT2D eigenvalue weighted by Crippen LogP contribution is 2.38. The number of carbonyl (C=O) groups excluding carboxylic acids is 1. The molecule has 1 saturated carbocycles. The number of methoxy groups -OCH3 is 1. The number of aromatic nitrogens is 2. The first-order valence-electron chi connectivity index (χ1n) is 7.36. The molecule has 1 aromatic rings. The quantitative estimate of drug-likeness (QED) is 0.776. The van der Waals surface area contributed by atoms with Gasteiger partial charge in [-0.05, 0) is 32.6 Å². The van der Waals surface area contributed by atoms with Crippen LogP contribution in [0, 0.1) is 0 Å². The van der Waals surface area contributed by atoms with Crippen molar-refractivity contribution < 1.29 is 9.53 Å². The molecule has 1 aliphatic carbocycles. The maximum atomic E-state index is 12.3. The molecule has 0 radical (unpaired) electrons. The zero-order valence-electron chi connectivity index (χ0n) is 12.5. The Morgan fingerprint density at radius 2 is 2.15 bits per heavy atom. The number of carbonyl (C=O) groups is 1. The Morgan fingerprint density at radius 3 is 2.60 bits per heavy atom. The van der Waals surface area contributed by atoms with Crippen LogP contribution >= 0.6 is 11.6 Å². The van der Waals surface area contributed by atoms with E-state index in [1.165, 1.54) is 0 Å². The van der Waals surface area contributed by atoms with Crippen molar-refractivity contribution in [1.29, 1.82) is 0 Å². The van der Waals surface area contributed by atoms with Crippen LogP contribution in [0.3, 0.4) is 0 Å². The van der Waals surface area contributed by atoms with E-state index in [2.05, 4.69) is 5.10 Å². The summed E-state index contributed by atoms with van der Waals surface area (Å²) in [5.74, 6) is 0.186. The first-order chi connectivity index (χ1) is 9.55. The van der Waals surface area contributed by atoms with E-state index in [4.69, 9.17) is 16.3 Å². The van der Waals surface area contributed by atoms with E-state index < -0.39 is 0 Å². The number of nitrogens with zero attached hydrogens (tertiary/aromatic N) is 2. The molecule has 0 bridgehead atoms. The van der Waals surface area contributed by atoms with Crippen LogP contribution in [0.5, 0.6) is 0 Å². The van der Waals surface area contributed by atoms with Gasteiger partial charge in [-0.15, -0.1) is 0 Å². The molecule has 4 nitrogen and oxygen atoms in total. The Balaban J connectivity index is 2.09. The van der Waals surface area contributed by atoms with E-state index in [0.717, 1.165) is 43.6 Å². The molecular formula is C15H23ClN2O2. The van der Waals surface area contributed by atoms with Crippen LogP contribution in [0.1, 0.15) is 50.9 Å². The summed E-state index contributed by atoms with van der Waals surface area (Å²) in [6, 6.07) is 0. The monoisotopic (exact) mass is 298 g/mol. The van der Waals surface area contributed by atoms with Crippen molar-refractivity contribution >= 4 is 17.4 Å². The van der Waals surface area contributed by atoms with Gasteiger partial charge in [-0.2, -0.15) is 5.10 Å². The fraction of sp³-hybridized carbons (Fsp3) is 0.733. The molecule has 0 aromatic carbocycles. The van der Waals surface area contributed by atoms with Gasteiger partial charge in [0.2, 0.25) is 0 Å². The van der Waals surface area contributed by atoms with Gasteiger partial charge in [0.25, 0.3) is 0 Å². The van der Waals surface area contributed by atoms with E-state index in [9.17, 15) is 4.79 Å². The van der Waals surface area contributed by atoms with Crippen molar-refractivity contribution in [2.24, 2.45) is 0 Å². The Hall–Kier alpha value is -0.870. The molecule has 0 unspecified atom stereocenters. The Bertz CT molecular complexity index is 487. The molecule has 2 rings (SSSR count). The summed E-state index contributed by atoms with van der Waals surface area (Å²) in [6.07, 6.45) is 4.73. The zero-order valence-corrected chi connectivity index (χ0v) is 13.3. The average molecular weight is 299 g/mol. The predicted molar refractivity (Wildman–Crippen MR) is 79.2 cm³/mol. The standard InChI is InChI=1S/C15H23ClN2O2/c1-4-12-14(16)13(18(5-2)17-12)9-11(19)10-15(20-3)7-6-8-15/h4-10H2,1-3H3. The third-order valence-electron chi connectivity index (χ3n) is 4.28. The molecule has 0 atom stereocenters. The molecule has 1 fully saturated rings. The minimum atomic E-state index is -0.214. The third-order valence-corrected chi connectivity index (χ3v) is 4.71. The highest BCUT2D eigenvalue weighted by molar-refractivity contribution is 6.32. The highest BCUT2D eigenvalue weighted by atomic mass is 35.5. The SMILES string of the molecule is CCc1nn(CC)c(CC(=O)CC2(OC)CCC2)c1Cl. The molecule has 0 aliphatic heterocycles. The summed E-state index contributed by atoms with van der Waals surface area (Å²) >= 11 is 6.34. The van der Waals surface area contributed by atoms with Crippen molar-refractivity contribution in [1.82, 2.24) is 9.78 Å². The van der Waals surface area contributed by atoms with Crippen LogP contribution in [-0.4, -0.2) is 28.3 Å². The van der Waals surface area contributed by atoms with Gasteiger partial charge < -0.3 is 4.74 Å². The Labute approximate surface area is 125 Å². The van der Waals surface area contributed by atoms with Crippen molar-refractivity contribution in [2.45, 2.75) is 64.5 Å². The van der Waals surface area contributed by atoms with Crippen LogP contribution in [-0.2, 0) is 28.9 Å². The van der Waals surface area contributed by atoms with Gasteiger partial charge in [-0.3, -0.25) is 9.48 Å². The zero-order chi connectivity index (χ0) is 14.8. The number of ether oxygens (including phenoxy) is 1. The summed E-state index contributed by atoms with van der Waals surface area (Å²) in [4.78, 5) is 12.3. The topological polar surface area (TPSA) is 44.1 Å². The van der Waals surface area contributed by atoms with E-state index in [1.54, 1.807) is 7.11 Å². The molecule has 112 valence electrons. The first kappa shape index (κ1) is 15.5. The number of aryl methyl sites for hydroxylation is 2. The van der Waals surface area contributed by atoms with Gasteiger partial charge in [-0.1, -0.05) is 18.5 Å². The first-order valence-corrected chi connectivity index (χ1v) is 7.74. The maximum Gasteiger partial charge on any atom is 0.141 e. The summed E-state index contributed by atoms with van der Waals surface area (Å²) in [6.45, 7) is 4.77. The summed E-state index contributed by atoms with van der Waals surface area (Å²) in [5.41, 5.74) is 1.51. The number of hydrogen-bond acceptors (Lipinski definition) is 3. The number of halogens is 1. The van der Waals surface area contributed by atoms with Crippen molar-refractivity contribution in [2.75, 3.05) is 7.11 Å². The molecule has 1 aliphatic rings. The smallest absolute Gasteiger partial charge is 0.141 e. The van der Waals surface area contributed by atoms with Gasteiger partial charge in [0.1, 0.15) is 5.78 Å². The van der Waals surface area contributed by atoms with Crippen molar-refractivity contribution in [3.63, 3.8) is 0 Å². The summed E-state index contributed by atoms with van der Waals surface area (Å²) in [5, 5.41) is 5.11. The van der Waals surface area contributed by atoms with Crippen LogP contribution in [0.2, 0.25) is 5.02 Å². The second-order valence-electron chi connectivity index (χ2n) is 5.51. The Morgan fingerprint density at radius 1 is 1.45 bits per heavy atom. The van der Waals surface area contributed by atoms with Gasteiger partial charge >= 0.3 is 0 Å². The minimum absolute atomic E-state index is 0.186. The van der Waals surface area contributed by atoms with Crippen LogP contribution in [0.25, 0.3) is 0 Å². The lowest BCUT2D eigenvalue weighted by Crippen LogP contribution is -2.41. The molecule has 0 saturated heterocycles. The van der Waals surface area contributed by atoms with Crippen LogP contribution < -0.4 is 0 Å². The van der Waals surface area contributed by atoms with Gasteiger partial charge in [0.05, 0.1) is 22.0 Å². The van der Waals surface area contributed by atoms with Crippen molar-refractivity contribution in [3.05, 3.63) is 16.4 Å². The molecule has 5 heteroatoms. The van der Waals surface area contributed by atoms with Crippen LogP contribution in [0.4, 0.5) is 0 Å². The summed E-state index contributed by atoms with van der Waals surface area (Å²) in [7, 11) is 1.70. The lowest BCUT2D eigenvalue weighted by Gasteiger charge is -2.40. The van der Waals surface area contributed by atoms with Crippen molar-refractivity contribution in [3.8, 4) is 0 Å². The molecule has 1 heterocycles. The molecule has 1 aromatic heterocycles. The normalized spacial score (nSPS) is 17.0. The predicted octanol–water partition coefficient (Wildman–Crippen LogP) is 3.19. The molecule has 20 heavy (non-hydrogen) atoms. The molecule has 0 spiro atoms. The van der Waals surface area contributed by atoms with E-state index in [0.29, 0.717) is 17.9 Å². The van der Waals surface area contributed by atoms with Gasteiger partial charge in [0.15, 0.2) is 0 Å². The second-order valence-corrected chi connectivity index (χ2v) is 5.89. The number of rotatable bonds is 7. The van der Waals surface area contributed by atoms with E-state index in [1.807, 2.05) is 18.5 Å². The average Bonchev–Trinajstić information content (AvgIpc) is 2.70. The fourth-order valence-electron chi connectivity index (χ4n) is 2.82. The van der Waals surface area contributed by atoms with E-state index >= 15 is 0 Å². The molecule has 0 N–H and O–H groups in total. The van der Waals surface area contributed by atoms with Gasteiger partial charge in [-0.25, -0.2) is 0 Å². The number of ketones is 1. The molecule has 0 amide bonds. The summed E-state index contributed by atoms with van der Waals surface area (Å²) < 4.78 is 7.37. The third kappa shape index (κ3) is 2.91. The van der Waals surface area contributed by atoms with Crippen LogP contribution in [0.15, 0.2) is 0 Å². The lowest BCUT2D eigenvalue weighted by atomic mass is 9.76. The minimum Gasteiger partial charge on any atom is -0.378 e. The number of Topliss-reactive ketones (excluding diaryl/α,β-unsaturated/α-hetero) is 1. The lowest BCUT2D eigenvalue weighted by molar-refractivity contribution is -0.131. The Kier molecular flexibility index (Phi) is 4.86. The number of hydrogen-bond donors (Lipinski definition) is 0. The van der Waals surface area contributed by atoms with Gasteiger partial charge in [0, 0.05) is 26.5 Å². The highest BCUT2D eigenvalue weighted by Gasteiger charge is 2.39.